The quantitative estimate of drug-likeness (QED) is 0.417. The van der Waals surface area contributed by atoms with Gasteiger partial charge in [-0.3, -0.25) is 25.0 Å². The molecule has 2 aromatic heterocycles. The largest absolute Gasteiger partial charge is 0.309 e. The van der Waals surface area contributed by atoms with Crippen LogP contribution in [0.25, 0.3) is 11.3 Å². The molecule has 3 rings (SSSR count). The SMILES string of the molecule is CC(=O)Cc1cc(C(=O)NC(=NC(C)(C)C)Nc2cc(-c3ccc(F)cc3)[nH]n2)ccn1. The van der Waals surface area contributed by atoms with E-state index in [0.717, 1.165) is 5.56 Å². The molecule has 1 aromatic carbocycles. The first kappa shape index (κ1) is 22.8. The number of nitrogens with one attached hydrogen (secondary N) is 3. The van der Waals surface area contributed by atoms with E-state index in [4.69, 9.17) is 0 Å². The average Bonchev–Trinajstić information content (AvgIpc) is 3.15. The van der Waals surface area contributed by atoms with Crippen molar-refractivity contribution in [2.24, 2.45) is 4.99 Å². The molecule has 3 N–H and O–H groups in total. The number of carbonyl (C=O) groups is 2. The van der Waals surface area contributed by atoms with E-state index in [1.165, 1.54) is 25.3 Å². The van der Waals surface area contributed by atoms with Gasteiger partial charge in [0.2, 0.25) is 5.96 Å². The minimum absolute atomic E-state index is 0.0396. The minimum Gasteiger partial charge on any atom is -0.309 e. The zero-order valence-corrected chi connectivity index (χ0v) is 18.4. The smallest absolute Gasteiger partial charge is 0.258 e. The summed E-state index contributed by atoms with van der Waals surface area (Å²) >= 11 is 0. The van der Waals surface area contributed by atoms with Gasteiger partial charge in [0.15, 0.2) is 5.82 Å². The Balaban J connectivity index is 1.79. The fourth-order valence-electron chi connectivity index (χ4n) is 2.86. The Morgan fingerprint density at radius 1 is 1.12 bits per heavy atom. The Morgan fingerprint density at radius 2 is 1.84 bits per heavy atom. The molecule has 0 spiro atoms. The lowest BCUT2D eigenvalue weighted by atomic mass is 10.1. The topological polar surface area (TPSA) is 112 Å². The van der Waals surface area contributed by atoms with Gasteiger partial charge in [0.25, 0.3) is 5.91 Å². The van der Waals surface area contributed by atoms with Crippen molar-refractivity contribution in [3.63, 3.8) is 0 Å². The summed E-state index contributed by atoms with van der Waals surface area (Å²) in [4.78, 5) is 32.8. The van der Waals surface area contributed by atoms with E-state index in [1.54, 1.807) is 30.3 Å². The Morgan fingerprint density at radius 3 is 2.50 bits per heavy atom. The molecule has 0 aliphatic heterocycles. The second kappa shape index (κ2) is 9.51. The molecule has 9 heteroatoms. The van der Waals surface area contributed by atoms with Crippen LogP contribution in [0.5, 0.6) is 0 Å². The van der Waals surface area contributed by atoms with Gasteiger partial charge in [-0.25, -0.2) is 9.38 Å². The highest BCUT2D eigenvalue weighted by Crippen LogP contribution is 2.20. The number of amides is 1. The molecule has 3 aromatic rings. The van der Waals surface area contributed by atoms with Gasteiger partial charge >= 0.3 is 0 Å². The number of halogens is 1. The van der Waals surface area contributed by atoms with Crippen LogP contribution in [0.2, 0.25) is 0 Å². The van der Waals surface area contributed by atoms with E-state index in [1.807, 2.05) is 20.8 Å². The third kappa shape index (κ3) is 6.56. The molecule has 166 valence electrons. The highest BCUT2D eigenvalue weighted by molar-refractivity contribution is 6.10. The molecular formula is C23H25FN6O2. The van der Waals surface area contributed by atoms with Crippen LogP contribution in [0.3, 0.4) is 0 Å². The van der Waals surface area contributed by atoms with Gasteiger partial charge in [0.1, 0.15) is 11.6 Å². The van der Waals surface area contributed by atoms with Crippen LogP contribution >= 0.6 is 0 Å². The van der Waals surface area contributed by atoms with E-state index in [0.29, 0.717) is 22.8 Å². The molecule has 0 bridgehead atoms. The van der Waals surface area contributed by atoms with E-state index in [-0.39, 0.29) is 24.0 Å². The number of anilines is 1. The van der Waals surface area contributed by atoms with E-state index in [9.17, 15) is 14.0 Å². The fourth-order valence-corrected chi connectivity index (χ4v) is 2.86. The van der Waals surface area contributed by atoms with Crippen molar-refractivity contribution in [3.8, 4) is 11.3 Å². The predicted octanol–water partition coefficient (Wildman–Crippen LogP) is 3.74. The molecule has 8 nitrogen and oxygen atoms in total. The molecule has 1 amide bonds. The maximum Gasteiger partial charge on any atom is 0.258 e. The molecule has 0 atom stereocenters. The first-order chi connectivity index (χ1) is 15.1. The number of nitrogens with zero attached hydrogens (tertiary/aromatic N) is 3. The number of carbonyl (C=O) groups excluding carboxylic acids is 2. The van der Waals surface area contributed by atoms with Gasteiger partial charge < -0.3 is 5.32 Å². The number of aliphatic imine (C=N–C) groups is 1. The lowest BCUT2D eigenvalue weighted by Crippen LogP contribution is -2.38. The van der Waals surface area contributed by atoms with Crippen molar-refractivity contribution in [1.82, 2.24) is 20.5 Å². The Hall–Kier alpha value is -3.88. The number of benzene rings is 1. The van der Waals surface area contributed by atoms with Gasteiger partial charge in [-0.15, -0.1) is 0 Å². The van der Waals surface area contributed by atoms with Crippen molar-refractivity contribution in [2.45, 2.75) is 39.7 Å². The number of guanidine groups is 1. The number of pyridine rings is 1. The van der Waals surface area contributed by atoms with Crippen molar-refractivity contribution in [1.29, 1.82) is 0 Å². The number of hydrogen-bond donors (Lipinski definition) is 3. The summed E-state index contributed by atoms with van der Waals surface area (Å²) in [6.45, 7) is 7.16. The highest BCUT2D eigenvalue weighted by atomic mass is 19.1. The number of hydrogen-bond acceptors (Lipinski definition) is 5. The molecule has 0 radical (unpaired) electrons. The monoisotopic (exact) mass is 436 g/mol. The zero-order valence-electron chi connectivity index (χ0n) is 18.4. The summed E-state index contributed by atoms with van der Waals surface area (Å²) in [7, 11) is 0. The first-order valence-corrected chi connectivity index (χ1v) is 10.0. The third-order valence-corrected chi connectivity index (χ3v) is 4.17. The average molecular weight is 436 g/mol. The lowest BCUT2D eigenvalue weighted by Gasteiger charge is -2.17. The van der Waals surface area contributed by atoms with Gasteiger partial charge in [-0.1, -0.05) is 0 Å². The number of aromatic nitrogens is 3. The molecule has 32 heavy (non-hydrogen) atoms. The Labute approximate surface area is 185 Å². The zero-order chi connectivity index (χ0) is 23.3. The van der Waals surface area contributed by atoms with Crippen molar-refractivity contribution < 1.29 is 14.0 Å². The predicted molar refractivity (Wildman–Crippen MR) is 121 cm³/mol. The number of rotatable bonds is 5. The molecule has 0 fully saturated rings. The number of aromatic amines is 1. The summed E-state index contributed by atoms with van der Waals surface area (Å²) in [5.74, 6) is -0.120. The first-order valence-electron chi connectivity index (χ1n) is 10.0. The summed E-state index contributed by atoms with van der Waals surface area (Å²) < 4.78 is 13.2. The normalized spacial score (nSPS) is 11.8. The summed E-state index contributed by atoms with van der Waals surface area (Å²) in [5.41, 5.74) is 1.83. The minimum atomic E-state index is -0.482. The second-order valence-electron chi connectivity index (χ2n) is 8.30. The Bertz CT molecular complexity index is 1150. The molecule has 0 saturated heterocycles. The Kier molecular flexibility index (Phi) is 6.77. The van der Waals surface area contributed by atoms with E-state index >= 15 is 0 Å². The molecule has 0 aliphatic rings. The number of ketones is 1. The molecule has 0 aliphatic carbocycles. The maximum absolute atomic E-state index is 13.2. The van der Waals surface area contributed by atoms with Crippen LogP contribution in [0.1, 0.15) is 43.7 Å². The lowest BCUT2D eigenvalue weighted by molar-refractivity contribution is -0.116. The van der Waals surface area contributed by atoms with Crippen LogP contribution in [0, 0.1) is 5.82 Å². The fraction of sp³-hybridized carbons (Fsp3) is 0.261. The third-order valence-electron chi connectivity index (χ3n) is 4.17. The van der Waals surface area contributed by atoms with Crippen LogP contribution in [-0.4, -0.2) is 38.4 Å². The molecular weight excluding hydrogens is 411 g/mol. The van der Waals surface area contributed by atoms with Crippen molar-refractivity contribution in [3.05, 3.63) is 65.7 Å². The number of H-pyrrole nitrogens is 1. The molecule has 0 unspecified atom stereocenters. The second-order valence-corrected chi connectivity index (χ2v) is 8.30. The summed E-state index contributed by atoms with van der Waals surface area (Å²) in [6, 6.07) is 10.9. The van der Waals surface area contributed by atoms with Crippen molar-refractivity contribution >= 4 is 23.5 Å². The van der Waals surface area contributed by atoms with Crippen LogP contribution < -0.4 is 10.6 Å². The standard InChI is InChI=1S/C23H25FN6O2/c1-14(31)11-18-12-16(9-10-25-18)21(32)27-22(28-23(2,3)4)26-20-13-19(29-30-20)15-5-7-17(24)8-6-15/h5-10,12-13H,11H2,1-4H3,(H3,26,27,28,29,30,32). The molecule has 0 saturated carbocycles. The van der Waals surface area contributed by atoms with E-state index in [2.05, 4.69) is 30.8 Å². The van der Waals surface area contributed by atoms with Gasteiger partial charge in [0.05, 0.1) is 11.2 Å². The maximum atomic E-state index is 13.2. The summed E-state index contributed by atoms with van der Waals surface area (Å²) in [6.07, 6.45) is 1.64. The van der Waals surface area contributed by atoms with Crippen LogP contribution in [0.15, 0.2) is 53.7 Å². The summed E-state index contributed by atoms with van der Waals surface area (Å²) in [5, 5.41) is 12.9. The van der Waals surface area contributed by atoms with Crippen LogP contribution in [-0.2, 0) is 11.2 Å². The highest BCUT2D eigenvalue weighted by Gasteiger charge is 2.16. The van der Waals surface area contributed by atoms with Gasteiger partial charge in [-0.2, -0.15) is 5.10 Å². The number of Topliss-reactive ketones (excluding diaryl/α,β-unsaturated/α-hetero) is 1. The molecule has 2 heterocycles. The van der Waals surface area contributed by atoms with Gasteiger partial charge in [0, 0.05) is 29.9 Å². The van der Waals surface area contributed by atoms with E-state index < -0.39 is 11.4 Å². The van der Waals surface area contributed by atoms with Crippen LogP contribution in [0.4, 0.5) is 10.2 Å². The van der Waals surface area contributed by atoms with Crippen molar-refractivity contribution in [2.75, 3.05) is 5.32 Å². The van der Waals surface area contributed by atoms with Gasteiger partial charge in [-0.05, 0) is 69.7 Å².